The molecule has 0 nitrogen and oxygen atoms in total. The summed E-state index contributed by atoms with van der Waals surface area (Å²) in [7, 11) is 3.81. The molecule has 0 aromatic rings. The second-order valence-corrected chi connectivity index (χ2v) is 8.94. The molecule has 0 unspecified atom stereocenters. The maximum Gasteiger partial charge on any atom is 0.129 e. The highest BCUT2D eigenvalue weighted by molar-refractivity contribution is 8.80. The summed E-state index contributed by atoms with van der Waals surface area (Å²) in [5, 5.41) is 2.07. The van der Waals surface area contributed by atoms with E-state index in [1.807, 2.05) is 21.6 Å². The van der Waals surface area contributed by atoms with E-state index in [9.17, 15) is 0 Å². The average Bonchev–Trinajstić information content (AvgIpc) is 2.43. The lowest BCUT2D eigenvalue weighted by molar-refractivity contribution is 0.407. The van der Waals surface area contributed by atoms with E-state index in [0.29, 0.717) is 5.41 Å². The maximum atomic E-state index is 3.54. The van der Waals surface area contributed by atoms with Crippen molar-refractivity contribution in [3.8, 4) is 0 Å². The van der Waals surface area contributed by atoms with Gasteiger partial charge in [-0.15, -0.1) is 0 Å². The highest BCUT2D eigenvalue weighted by Gasteiger charge is 2.32. The Hall–Kier alpha value is 0.530. The Morgan fingerprint density at radius 2 is 1.62 bits per heavy atom. The minimum Gasteiger partial charge on any atom is -0.0599 e. The number of allylic oxidation sites excluding steroid dienone is 2. The predicted molar refractivity (Wildman–Crippen MR) is 84.0 cm³/mol. The Balaban J connectivity index is 3.12. The van der Waals surface area contributed by atoms with Crippen LogP contribution in [-0.4, -0.2) is 0 Å². The molecular weight excluding hydrogens is 252 g/mol. The normalized spacial score (nSPS) is 21.1. The van der Waals surface area contributed by atoms with Gasteiger partial charge < -0.3 is 0 Å². The van der Waals surface area contributed by atoms with E-state index >= 15 is 0 Å². The molecule has 0 aliphatic carbocycles. The van der Waals surface area contributed by atoms with E-state index in [-0.39, 0.29) is 5.41 Å². The molecule has 0 amide bonds. The lowest BCUT2D eigenvalue weighted by atomic mass is 9.84. The largest absolute Gasteiger partial charge is 0.129 e. The summed E-state index contributed by atoms with van der Waals surface area (Å²) < 4.78 is 0. The van der Waals surface area contributed by atoms with Crippen LogP contribution < -0.4 is 0 Å². The fraction of sp³-hybridized carbons (Fsp3) is 0.692. The van der Waals surface area contributed by atoms with E-state index in [0.717, 1.165) is 6.42 Å². The van der Waals surface area contributed by atoms with Gasteiger partial charge in [0.05, 0.1) is 4.91 Å². The van der Waals surface area contributed by atoms with Crippen molar-refractivity contribution in [1.82, 2.24) is 0 Å². The van der Waals surface area contributed by atoms with Crippen LogP contribution >= 0.6 is 21.6 Å². The lowest BCUT2D eigenvalue weighted by Gasteiger charge is -2.24. The zero-order valence-corrected chi connectivity index (χ0v) is 13.7. The molecule has 1 aliphatic heterocycles. The van der Waals surface area contributed by atoms with Gasteiger partial charge in [0.1, 0.15) is 5.41 Å². The maximum absolute atomic E-state index is 3.54. The highest BCUT2D eigenvalue weighted by Crippen LogP contribution is 2.57. The highest BCUT2D eigenvalue weighted by atomic mass is 33.1. The second kappa shape index (κ2) is 5.03. The quantitative estimate of drug-likeness (QED) is 0.489. The first kappa shape index (κ1) is 14.6. The Morgan fingerprint density at radius 1 is 1.06 bits per heavy atom. The molecule has 0 N–H and O–H groups in total. The van der Waals surface area contributed by atoms with Gasteiger partial charge in [0.2, 0.25) is 0 Å². The van der Waals surface area contributed by atoms with Crippen molar-refractivity contribution in [2.75, 3.05) is 0 Å². The van der Waals surface area contributed by atoms with Crippen LogP contribution in [0.3, 0.4) is 0 Å². The summed E-state index contributed by atoms with van der Waals surface area (Å²) in [4.78, 5) is 2.93. The molecule has 0 fully saturated rings. The number of rotatable bonds is 1. The molecule has 3 heteroatoms. The Kier molecular flexibility index (Phi) is 4.59. The molecule has 16 heavy (non-hydrogen) atoms. The fourth-order valence-corrected chi connectivity index (χ4v) is 5.40. The Labute approximate surface area is 114 Å². The first-order valence-electron chi connectivity index (χ1n) is 5.61. The number of hydrogen-bond acceptors (Lipinski definition) is 2. The molecule has 1 rings (SSSR count). The number of hydrogen-bond donors (Lipinski definition) is 0. The fourth-order valence-electron chi connectivity index (χ4n) is 1.69. The van der Waals surface area contributed by atoms with Crippen molar-refractivity contribution in [1.29, 1.82) is 0 Å². The van der Waals surface area contributed by atoms with Crippen LogP contribution in [0.5, 0.6) is 0 Å². The molecule has 0 atom stereocenters. The van der Waals surface area contributed by atoms with E-state index in [4.69, 9.17) is 0 Å². The molecule has 0 saturated heterocycles. The van der Waals surface area contributed by atoms with Gasteiger partial charge >= 0.3 is 0 Å². The molecule has 0 radical (unpaired) electrons. The molecule has 0 spiro atoms. The van der Waals surface area contributed by atoms with Gasteiger partial charge in [-0.2, -0.15) is 0 Å². The van der Waals surface area contributed by atoms with Crippen molar-refractivity contribution in [2.45, 2.75) is 48.0 Å². The lowest BCUT2D eigenvalue weighted by Crippen LogP contribution is -2.12. The van der Waals surface area contributed by atoms with E-state index in [2.05, 4.69) is 59.6 Å². The van der Waals surface area contributed by atoms with Crippen molar-refractivity contribution in [3.05, 3.63) is 20.8 Å². The third kappa shape index (κ3) is 3.78. The van der Waals surface area contributed by atoms with E-state index < -0.39 is 0 Å². The minimum absolute atomic E-state index is 0.259. The van der Waals surface area contributed by atoms with Gasteiger partial charge in [-0.3, -0.25) is 0 Å². The van der Waals surface area contributed by atoms with Crippen LogP contribution in [0.1, 0.15) is 48.0 Å². The van der Waals surface area contributed by atoms with E-state index in [1.54, 1.807) is 0 Å². The molecule has 1 aliphatic rings. The molecule has 0 bridgehead atoms. The zero-order chi connectivity index (χ0) is 12.6. The molecular formula is C13H23S3+. The van der Waals surface area contributed by atoms with Crippen molar-refractivity contribution < 1.29 is 0 Å². The van der Waals surface area contributed by atoms with Crippen LogP contribution in [0, 0.1) is 10.8 Å². The molecule has 0 aromatic heterocycles. The van der Waals surface area contributed by atoms with Crippen LogP contribution in [-0.2, 0) is 12.6 Å². The van der Waals surface area contributed by atoms with Crippen LogP contribution in [0.25, 0.3) is 0 Å². The summed E-state index contributed by atoms with van der Waals surface area (Å²) in [6.45, 7) is 13.8. The average molecular weight is 276 g/mol. The standard InChI is InChI=1S/C13H22S3/c1-12(2,3)7-9-10(8-14)15-16-11(9)13(4,5)6/h8,14H,7H2,1-6H3/p+1/b10-8-. The summed E-state index contributed by atoms with van der Waals surface area (Å²) in [5.74, 6) is 0. The topological polar surface area (TPSA) is 0 Å². The van der Waals surface area contributed by atoms with Crippen LogP contribution in [0.4, 0.5) is 0 Å². The minimum atomic E-state index is 0.259. The van der Waals surface area contributed by atoms with E-state index in [1.165, 1.54) is 15.4 Å². The third-order valence-corrected chi connectivity index (χ3v) is 5.74. The monoisotopic (exact) mass is 275 g/mol. The summed E-state index contributed by atoms with van der Waals surface area (Å²) >= 11 is 3.54. The third-order valence-electron chi connectivity index (χ3n) is 2.31. The van der Waals surface area contributed by atoms with Gasteiger partial charge in [0, 0.05) is 4.91 Å². The Morgan fingerprint density at radius 3 is 2.00 bits per heavy atom. The summed E-state index contributed by atoms with van der Waals surface area (Å²) in [6, 6.07) is 0. The molecule has 0 saturated carbocycles. The SMILES string of the molecule is CC(C)(C)CC1=C(C(C)(C)C)SS/C1=C\[SH2+]. The smallest absolute Gasteiger partial charge is 0.0599 e. The predicted octanol–water partition coefficient (Wildman–Crippen LogP) is 4.97. The molecule has 92 valence electrons. The molecule has 0 aromatic carbocycles. The first-order valence-corrected chi connectivity index (χ1v) is 8.34. The van der Waals surface area contributed by atoms with Gasteiger partial charge in [-0.25, -0.2) is 0 Å². The first-order chi connectivity index (χ1) is 7.15. The van der Waals surface area contributed by atoms with Crippen molar-refractivity contribution >= 4 is 34.2 Å². The second-order valence-electron chi connectivity index (χ2n) is 6.47. The van der Waals surface area contributed by atoms with Crippen molar-refractivity contribution in [2.24, 2.45) is 10.8 Å². The Bertz CT molecular complexity index is 324. The van der Waals surface area contributed by atoms with Crippen molar-refractivity contribution in [3.63, 3.8) is 0 Å². The van der Waals surface area contributed by atoms with Gasteiger partial charge in [0.25, 0.3) is 0 Å². The van der Waals surface area contributed by atoms with Gasteiger partial charge in [0.15, 0.2) is 0 Å². The summed E-state index contributed by atoms with van der Waals surface area (Å²) in [6.07, 6.45) is 1.15. The van der Waals surface area contributed by atoms with Crippen LogP contribution in [0.15, 0.2) is 20.8 Å². The molecule has 1 heterocycles. The van der Waals surface area contributed by atoms with Gasteiger partial charge in [-0.1, -0.05) is 52.3 Å². The summed E-state index contributed by atoms with van der Waals surface area (Å²) in [5.41, 5.74) is 2.14. The zero-order valence-electron chi connectivity index (χ0n) is 11.1. The van der Waals surface area contributed by atoms with Crippen LogP contribution in [0.2, 0.25) is 0 Å². The van der Waals surface area contributed by atoms with Gasteiger partial charge in [-0.05, 0) is 46.2 Å².